The van der Waals surface area contributed by atoms with Crippen molar-refractivity contribution in [2.75, 3.05) is 7.05 Å². The van der Waals surface area contributed by atoms with Gasteiger partial charge in [-0.15, -0.1) is 0 Å². The summed E-state index contributed by atoms with van der Waals surface area (Å²) in [5.41, 5.74) is 0.475. The molecule has 1 aliphatic rings. The Morgan fingerprint density at radius 3 is 2.65 bits per heavy atom. The topological polar surface area (TPSA) is 86.3 Å². The molecule has 3 rings (SSSR count). The average Bonchev–Trinajstić information content (AvgIpc) is 2.98. The number of aromatic nitrogens is 2. The first-order chi connectivity index (χ1) is 11.0. The van der Waals surface area contributed by atoms with Crippen molar-refractivity contribution in [3.05, 3.63) is 30.0 Å². The van der Waals surface area contributed by atoms with Gasteiger partial charge in [-0.3, -0.25) is 9.89 Å². The number of nitrogens with one attached hydrogen (secondary N) is 1. The minimum absolute atomic E-state index is 0.131. The molecule has 0 bridgehead atoms. The number of hydrogen-bond donors (Lipinski definition) is 2. The van der Waals surface area contributed by atoms with Gasteiger partial charge in [0.1, 0.15) is 5.54 Å². The Hall–Kier alpha value is -2.37. The van der Waals surface area contributed by atoms with Gasteiger partial charge in [0.2, 0.25) is 5.91 Å². The Balaban J connectivity index is 1.83. The first kappa shape index (κ1) is 15.5. The number of amides is 1. The number of benzene rings is 1. The monoisotopic (exact) mass is 315 g/mol. The van der Waals surface area contributed by atoms with Crippen LogP contribution < -0.4 is 0 Å². The van der Waals surface area contributed by atoms with Gasteiger partial charge in [0.15, 0.2) is 0 Å². The van der Waals surface area contributed by atoms with Crippen LogP contribution in [0.2, 0.25) is 0 Å². The van der Waals surface area contributed by atoms with Crippen LogP contribution in [-0.2, 0) is 16.0 Å². The number of carbonyl (C=O) groups excluding carboxylic acids is 1. The van der Waals surface area contributed by atoms with E-state index >= 15 is 0 Å². The molecule has 6 heteroatoms. The maximum absolute atomic E-state index is 12.7. The van der Waals surface area contributed by atoms with Crippen LogP contribution in [0, 0.1) is 0 Å². The summed E-state index contributed by atoms with van der Waals surface area (Å²) in [6.45, 7) is 0. The van der Waals surface area contributed by atoms with E-state index in [0.717, 1.165) is 35.9 Å². The molecule has 1 fully saturated rings. The Morgan fingerprint density at radius 1 is 1.26 bits per heavy atom. The summed E-state index contributed by atoms with van der Waals surface area (Å²) in [4.78, 5) is 25.9. The van der Waals surface area contributed by atoms with E-state index < -0.39 is 11.5 Å². The standard InChI is InChI=1S/C17H21N3O3/c1-20(17(16(22)23)9-5-2-6-10-17)15(21)11-14-12-7-3-4-8-13(12)18-19-14/h3-4,7-8H,2,5-6,9-11H2,1H3,(H,18,19)(H,22,23). The highest BCUT2D eigenvalue weighted by Gasteiger charge is 2.45. The molecule has 1 amide bonds. The number of likely N-dealkylation sites (N-methyl/N-ethyl adjacent to an activating group) is 1. The molecular weight excluding hydrogens is 294 g/mol. The zero-order valence-electron chi connectivity index (χ0n) is 13.2. The lowest BCUT2D eigenvalue weighted by Gasteiger charge is -2.41. The number of carbonyl (C=O) groups is 2. The maximum Gasteiger partial charge on any atom is 0.329 e. The number of aromatic amines is 1. The zero-order valence-corrected chi connectivity index (χ0v) is 13.2. The van der Waals surface area contributed by atoms with E-state index in [1.165, 1.54) is 4.90 Å². The number of nitrogens with zero attached hydrogens (tertiary/aromatic N) is 2. The summed E-state index contributed by atoms with van der Waals surface area (Å²) in [6, 6.07) is 7.58. The molecule has 0 saturated heterocycles. The van der Waals surface area contributed by atoms with Gasteiger partial charge in [-0.2, -0.15) is 5.10 Å². The van der Waals surface area contributed by atoms with Crippen LogP contribution in [0.15, 0.2) is 24.3 Å². The van der Waals surface area contributed by atoms with E-state index in [2.05, 4.69) is 10.2 Å². The molecular formula is C17H21N3O3. The zero-order chi connectivity index (χ0) is 16.4. The van der Waals surface area contributed by atoms with Gasteiger partial charge < -0.3 is 10.0 Å². The van der Waals surface area contributed by atoms with Crippen molar-refractivity contribution in [3.8, 4) is 0 Å². The van der Waals surface area contributed by atoms with E-state index in [0.29, 0.717) is 12.8 Å². The van der Waals surface area contributed by atoms with Gasteiger partial charge in [-0.05, 0) is 18.9 Å². The number of rotatable bonds is 4. The molecule has 1 heterocycles. The minimum Gasteiger partial charge on any atom is -0.479 e. The summed E-state index contributed by atoms with van der Waals surface area (Å²) in [5.74, 6) is -1.09. The predicted molar refractivity (Wildman–Crippen MR) is 86.0 cm³/mol. The number of carboxylic acids is 1. The highest BCUT2D eigenvalue weighted by molar-refractivity contribution is 5.91. The summed E-state index contributed by atoms with van der Waals surface area (Å²) >= 11 is 0. The Kier molecular flexibility index (Phi) is 4.07. The van der Waals surface area contributed by atoms with Gasteiger partial charge in [-0.25, -0.2) is 4.79 Å². The molecule has 6 nitrogen and oxygen atoms in total. The van der Waals surface area contributed by atoms with Crippen molar-refractivity contribution >= 4 is 22.8 Å². The second-order valence-corrected chi connectivity index (χ2v) is 6.25. The van der Waals surface area contributed by atoms with Crippen LogP contribution in [-0.4, -0.2) is 44.7 Å². The molecule has 23 heavy (non-hydrogen) atoms. The first-order valence-electron chi connectivity index (χ1n) is 7.97. The maximum atomic E-state index is 12.7. The summed E-state index contributed by atoms with van der Waals surface area (Å²) in [7, 11) is 1.61. The van der Waals surface area contributed by atoms with Crippen LogP contribution in [0.4, 0.5) is 0 Å². The molecule has 122 valence electrons. The van der Waals surface area contributed by atoms with E-state index in [-0.39, 0.29) is 12.3 Å². The summed E-state index contributed by atoms with van der Waals surface area (Å²) in [5, 5.41) is 17.7. The van der Waals surface area contributed by atoms with Gasteiger partial charge >= 0.3 is 5.97 Å². The molecule has 0 spiro atoms. The third-order valence-corrected chi connectivity index (χ3v) is 4.96. The molecule has 0 radical (unpaired) electrons. The molecule has 1 saturated carbocycles. The predicted octanol–water partition coefficient (Wildman–Crippen LogP) is 2.35. The third-order valence-electron chi connectivity index (χ3n) is 4.96. The fourth-order valence-corrected chi connectivity index (χ4v) is 3.49. The van der Waals surface area contributed by atoms with Gasteiger partial charge in [0.05, 0.1) is 17.6 Å². The van der Waals surface area contributed by atoms with Crippen molar-refractivity contribution < 1.29 is 14.7 Å². The summed E-state index contributed by atoms with van der Waals surface area (Å²) < 4.78 is 0. The second kappa shape index (κ2) is 6.02. The molecule has 1 aliphatic carbocycles. The Morgan fingerprint density at radius 2 is 1.96 bits per heavy atom. The van der Waals surface area contributed by atoms with Crippen molar-refractivity contribution in [1.82, 2.24) is 15.1 Å². The fraction of sp³-hybridized carbons (Fsp3) is 0.471. The lowest BCUT2D eigenvalue weighted by molar-refractivity contribution is -0.160. The molecule has 0 atom stereocenters. The van der Waals surface area contributed by atoms with E-state index in [9.17, 15) is 14.7 Å². The molecule has 2 aromatic rings. The van der Waals surface area contributed by atoms with Crippen molar-refractivity contribution in [2.45, 2.75) is 44.1 Å². The lowest BCUT2D eigenvalue weighted by atomic mass is 9.80. The second-order valence-electron chi connectivity index (χ2n) is 6.25. The van der Waals surface area contributed by atoms with E-state index in [1.807, 2.05) is 24.3 Å². The number of carboxylic acid groups (broad SMARTS) is 1. The normalized spacial score (nSPS) is 17.1. The van der Waals surface area contributed by atoms with Crippen LogP contribution in [0.25, 0.3) is 10.9 Å². The highest BCUT2D eigenvalue weighted by Crippen LogP contribution is 2.33. The van der Waals surface area contributed by atoms with Crippen LogP contribution in [0.1, 0.15) is 37.8 Å². The summed E-state index contributed by atoms with van der Waals surface area (Å²) in [6.07, 6.45) is 3.89. The molecule has 0 aliphatic heterocycles. The first-order valence-corrected chi connectivity index (χ1v) is 7.97. The van der Waals surface area contributed by atoms with Crippen LogP contribution >= 0.6 is 0 Å². The Bertz CT molecular complexity index is 732. The smallest absolute Gasteiger partial charge is 0.329 e. The number of aliphatic carboxylic acids is 1. The number of hydrogen-bond acceptors (Lipinski definition) is 3. The molecule has 1 aromatic carbocycles. The number of fused-ring (bicyclic) bond motifs is 1. The number of para-hydroxylation sites is 1. The quantitative estimate of drug-likeness (QED) is 0.907. The third kappa shape index (κ3) is 2.69. The highest BCUT2D eigenvalue weighted by atomic mass is 16.4. The van der Waals surface area contributed by atoms with Gasteiger partial charge in [0, 0.05) is 12.4 Å². The van der Waals surface area contributed by atoms with Gasteiger partial charge in [0.25, 0.3) is 0 Å². The fourth-order valence-electron chi connectivity index (χ4n) is 3.49. The van der Waals surface area contributed by atoms with Crippen LogP contribution in [0.3, 0.4) is 0 Å². The van der Waals surface area contributed by atoms with Crippen molar-refractivity contribution in [1.29, 1.82) is 0 Å². The van der Waals surface area contributed by atoms with Crippen LogP contribution in [0.5, 0.6) is 0 Å². The lowest BCUT2D eigenvalue weighted by Crippen LogP contribution is -2.56. The largest absolute Gasteiger partial charge is 0.479 e. The SMILES string of the molecule is CN(C(=O)Cc1[nH]nc2ccccc12)C1(C(=O)O)CCCCC1. The van der Waals surface area contributed by atoms with E-state index in [1.54, 1.807) is 7.05 Å². The average molecular weight is 315 g/mol. The van der Waals surface area contributed by atoms with Gasteiger partial charge in [-0.1, -0.05) is 37.5 Å². The molecule has 1 aromatic heterocycles. The molecule has 2 N–H and O–H groups in total. The van der Waals surface area contributed by atoms with E-state index in [4.69, 9.17) is 0 Å². The van der Waals surface area contributed by atoms with Crippen molar-refractivity contribution in [2.24, 2.45) is 0 Å². The molecule has 0 unspecified atom stereocenters. The Labute approximate surface area is 134 Å². The minimum atomic E-state index is -1.06. The number of H-pyrrole nitrogens is 1. The van der Waals surface area contributed by atoms with Crippen molar-refractivity contribution in [3.63, 3.8) is 0 Å².